The van der Waals surface area contributed by atoms with Gasteiger partial charge in [0.15, 0.2) is 0 Å². The summed E-state index contributed by atoms with van der Waals surface area (Å²) in [6.45, 7) is 0. The highest BCUT2D eigenvalue weighted by molar-refractivity contribution is 6.10. The second-order valence-electron chi connectivity index (χ2n) is 4.54. The standard InChI is InChI=1S/C15H12N2O2/c18-14-13(15(19)17-9-16-14)8-10-5-6-11-3-1-2-4-12(11)7-10/h1-7,9,13H,8H2,(H,16,17,18,19). The van der Waals surface area contributed by atoms with Crippen LogP contribution < -0.4 is 5.32 Å². The molecule has 3 rings (SSSR count). The Morgan fingerprint density at radius 3 is 2.63 bits per heavy atom. The first kappa shape index (κ1) is 11.6. The average molecular weight is 252 g/mol. The molecule has 0 bridgehead atoms. The molecule has 0 fully saturated rings. The lowest BCUT2D eigenvalue weighted by Crippen LogP contribution is -2.39. The number of hydrogen-bond donors (Lipinski definition) is 1. The maximum Gasteiger partial charge on any atom is 0.259 e. The van der Waals surface area contributed by atoms with Gasteiger partial charge in [0.2, 0.25) is 5.91 Å². The van der Waals surface area contributed by atoms with Crippen molar-refractivity contribution in [2.24, 2.45) is 10.9 Å². The number of aliphatic imine (C=N–C) groups is 1. The van der Waals surface area contributed by atoms with Gasteiger partial charge in [-0.05, 0) is 22.8 Å². The number of nitrogens with one attached hydrogen (secondary N) is 1. The fraction of sp³-hybridized carbons (Fsp3) is 0.133. The summed E-state index contributed by atoms with van der Waals surface area (Å²) in [5.74, 6) is -1.38. The number of amides is 2. The Kier molecular flexibility index (Phi) is 2.83. The van der Waals surface area contributed by atoms with Gasteiger partial charge in [-0.1, -0.05) is 42.5 Å². The maximum atomic E-state index is 11.6. The van der Waals surface area contributed by atoms with Crippen LogP contribution in [0.4, 0.5) is 0 Å². The number of fused-ring (bicyclic) bond motifs is 1. The molecule has 2 amide bonds. The Labute approximate surface area is 110 Å². The van der Waals surface area contributed by atoms with Gasteiger partial charge in [0.05, 0.1) is 6.34 Å². The Morgan fingerprint density at radius 1 is 1.05 bits per heavy atom. The Balaban J connectivity index is 1.91. The first-order valence-electron chi connectivity index (χ1n) is 6.08. The molecule has 1 N–H and O–H groups in total. The number of rotatable bonds is 2. The topological polar surface area (TPSA) is 58.5 Å². The van der Waals surface area contributed by atoms with Crippen molar-refractivity contribution in [1.29, 1.82) is 0 Å². The molecule has 1 heterocycles. The highest BCUT2D eigenvalue weighted by atomic mass is 16.2. The van der Waals surface area contributed by atoms with Crippen molar-refractivity contribution in [3.05, 3.63) is 48.0 Å². The third-order valence-electron chi connectivity index (χ3n) is 3.27. The summed E-state index contributed by atoms with van der Waals surface area (Å²) < 4.78 is 0. The summed E-state index contributed by atoms with van der Waals surface area (Å²) in [5.41, 5.74) is 0.962. The molecule has 4 heteroatoms. The van der Waals surface area contributed by atoms with Crippen LogP contribution in [-0.2, 0) is 16.0 Å². The van der Waals surface area contributed by atoms with Crippen LogP contribution in [0.3, 0.4) is 0 Å². The van der Waals surface area contributed by atoms with Crippen LogP contribution in [0.5, 0.6) is 0 Å². The molecular formula is C15H12N2O2. The molecule has 0 spiro atoms. The van der Waals surface area contributed by atoms with Crippen molar-refractivity contribution in [1.82, 2.24) is 5.32 Å². The summed E-state index contributed by atoms with van der Waals surface area (Å²) in [6, 6.07) is 13.9. The zero-order valence-corrected chi connectivity index (χ0v) is 10.2. The Morgan fingerprint density at radius 2 is 1.84 bits per heavy atom. The van der Waals surface area contributed by atoms with Gasteiger partial charge in [0.25, 0.3) is 5.91 Å². The SMILES string of the molecule is O=C1N=CNC(=O)C1Cc1ccc2ccccc2c1. The molecule has 1 aliphatic heterocycles. The molecule has 2 aromatic rings. The van der Waals surface area contributed by atoms with Gasteiger partial charge in [-0.3, -0.25) is 9.59 Å². The number of carbonyl (C=O) groups excluding carboxylic acids is 2. The van der Waals surface area contributed by atoms with E-state index in [-0.39, 0.29) is 11.8 Å². The fourth-order valence-electron chi connectivity index (χ4n) is 2.24. The van der Waals surface area contributed by atoms with E-state index in [2.05, 4.69) is 10.3 Å². The van der Waals surface area contributed by atoms with Crippen molar-refractivity contribution in [3.8, 4) is 0 Å². The average Bonchev–Trinajstić information content (AvgIpc) is 2.43. The van der Waals surface area contributed by atoms with Crippen molar-refractivity contribution in [2.45, 2.75) is 6.42 Å². The predicted molar refractivity (Wildman–Crippen MR) is 72.8 cm³/mol. The Bertz CT molecular complexity index is 691. The van der Waals surface area contributed by atoms with Crippen LogP contribution in [0.2, 0.25) is 0 Å². The Hall–Kier alpha value is -2.49. The molecule has 2 aromatic carbocycles. The lowest BCUT2D eigenvalue weighted by Gasteiger charge is -2.15. The summed E-state index contributed by atoms with van der Waals surface area (Å²) >= 11 is 0. The minimum Gasteiger partial charge on any atom is -0.316 e. The molecule has 0 radical (unpaired) electrons. The minimum absolute atomic E-state index is 0.284. The largest absolute Gasteiger partial charge is 0.316 e. The predicted octanol–water partition coefficient (Wildman–Crippen LogP) is 1.68. The lowest BCUT2D eigenvalue weighted by molar-refractivity contribution is -0.133. The summed E-state index contributed by atoms with van der Waals surface area (Å²) in [4.78, 5) is 26.9. The van der Waals surface area contributed by atoms with Gasteiger partial charge in [-0.2, -0.15) is 0 Å². The van der Waals surface area contributed by atoms with Gasteiger partial charge in [0.1, 0.15) is 5.92 Å². The van der Waals surface area contributed by atoms with E-state index in [4.69, 9.17) is 0 Å². The van der Waals surface area contributed by atoms with Crippen LogP contribution in [0.1, 0.15) is 5.56 Å². The molecule has 4 nitrogen and oxygen atoms in total. The van der Waals surface area contributed by atoms with Crippen LogP contribution in [0, 0.1) is 5.92 Å². The molecule has 1 unspecified atom stereocenters. The molecule has 1 aliphatic rings. The van der Waals surface area contributed by atoms with E-state index >= 15 is 0 Å². The second-order valence-corrected chi connectivity index (χ2v) is 4.54. The highest BCUT2D eigenvalue weighted by Crippen LogP contribution is 2.19. The van der Waals surface area contributed by atoms with E-state index < -0.39 is 5.92 Å². The van der Waals surface area contributed by atoms with E-state index in [9.17, 15) is 9.59 Å². The monoisotopic (exact) mass is 252 g/mol. The zero-order valence-electron chi connectivity index (χ0n) is 10.2. The van der Waals surface area contributed by atoms with Crippen molar-refractivity contribution in [2.75, 3.05) is 0 Å². The number of nitrogens with zero attached hydrogens (tertiary/aromatic N) is 1. The molecular weight excluding hydrogens is 240 g/mol. The molecule has 0 saturated heterocycles. The van der Waals surface area contributed by atoms with Crippen LogP contribution >= 0.6 is 0 Å². The third kappa shape index (κ3) is 2.25. The van der Waals surface area contributed by atoms with E-state index in [1.165, 1.54) is 0 Å². The molecule has 94 valence electrons. The maximum absolute atomic E-state index is 11.6. The molecule has 0 aliphatic carbocycles. The molecule has 1 atom stereocenters. The van der Waals surface area contributed by atoms with Crippen LogP contribution in [0.15, 0.2) is 47.5 Å². The van der Waals surface area contributed by atoms with E-state index in [1.807, 2.05) is 42.5 Å². The molecule has 0 aromatic heterocycles. The molecule has 0 saturated carbocycles. The first-order chi connectivity index (χ1) is 9.24. The van der Waals surface area contributed by atoms with Crippen LogP contribution in [0.25, 0.3) is 10.8 Å². The first-order valence-corrected chi connectivity index (χ1v) is 6.08. The van der Waals surface area contributed by atoms with Gasteiger partial charge in [0, 0.05) is 0 Å². The molecule has 19 heavy (non-hydrogen) atoms. The van der Waals surface area contributed by atoms with Gasteiger partial charge >= 0.3 is 0 Å². The summed E-state index contributed by atoms with van der Waals surface area (Å²) in [5, 5.41) is 4.71. The van der Waals surface area contributed by atoms with Crippen molar-refractivity contribution >= 4 is 28.9 Å². The minimum atomic E-state index is -0.717. The van der Waals surface area contributed by atoms with Gasteiger partial charge < -0.3 is 5.32 Å². The fourth-order valence-corrected chi connectivity index (χ4v) is 2.24. The smallest absolute Gasteiger partial charge is 0.259 e. The normalized spacial score (nSPS) is 18.6. The highest BCUT2D eigenvalue weighted by Gasteiger charge is 2.28. The van der Waals surface area contributed by atoms with Crippen molar-refractivity contribution in [3.63, 3.8) is 0 Å². The van der Waals surface area contributed by atoms with E-state index in [1.54, 1.807) is 0 Å². The summed E-state index contributed by atoms with van der Waals surface area (Å²) in [6.07, 6.45) is 1.54. The summed E-state index contributed by atoms with van der Waals surface area (Å²) in [7, 11) is 0. The zero-order chi connectivity index (χ0) is 13.2. The van der Waals surface area contributed by atoms with E-state index in [0.717, 1.165) is 22.7 Å². The quantitative estimate of drug-likeness (QED) is 0.827. The number of carbonyl (C=O) groups is 2. The lowest BCUT2D eigenvalue weighted by atomic mass is 9.95. The second kappa shape index (κ2) is 4.65. The van der Waals surface area contributed by atoms with Crippen molar-refractivity contribution < 1.29 is 9.59 Å². The van der Waals surface area contributed by atoms with Crippen LogP contribution in [-0.4, -0.2) is 18.2 Å². The van der Waals surface area contributed by atoms with Gasteiger partial charge in [-0.25, -0.2) is 4.99 Å². The third-order valence-corrected chi connectivity index (χ3v) is 3.27. The van der Waals surface area contributed by atoms with Gasteiger partial charge in [-0.15, -0.1) is 0 Å². The number of hydrogen-bond acceptors (Lipinski definition) is 2. The van der Waals surface area contributed by atoms with E-state index in [0.29, 0.717) is 6.42 Å². The number of benzene rings is 2.